The van der Waals surface area contributed by atoms with Crippen LogP contribution in [-0.2, 0) is 0 Å². The molecule has 0 saturated heterocycles. The van der Waals surface area contributed by atoms with Gasteiger partial charge in [0.1, 0.15) is 12.1 Å². The summed E-state index contributed by atoms with van der Waals surface area (Å²) in [6, 6.07) is 11.5. The number of rotatable bonds is 3. The lowest BCUT2D eigenvalue weighted by Crippen LogP contribution is -2.14. The number of anilines is 1. The Balaban J connectivity index is 1.62. The van der Waals surface area contributed by atoms with Crippen LogP contribution in [0.1, 0.15) is 21.6 Å². The number of nitrogens with one attached hydrogen (secondary N) is 1. The van der Waals surface area contributed by atoms with Crippen LogP contribution in [0, 0.1) is 19.7 Å². The van der Waals surface area contributed by atoms with Gasteiger partial charge in [-0.05, 0) is 66.2 Å². The summed E-state index contributed by atoms with van der Waals surface area (Å²) < 4.78 is 14.9. The van der Waals surface area contributed by atoms with E-state index >= 15 is 0 Å². The number of amides is 1. The van der Waals surface area contributed by atoms with Crippen molar-refractivity contribution >= 4 is 22.5 Å². The molecule has 2 aromatic carbocycles. The molecule has 0 saturated carbocycles. The lowest BCUT2D eigenvalue weighted by Gasteiger charge is -2.11. The second-order valence-electron chi connectivity index (χ2n) is 6.17. The molecular formula is C19H15FN6O. The Morgan fingerprint density at radius 2 is 1.96 bits per heavy atom. The highest BCUT2D eigenvalue weighted by Gasteiger charge is 2.13. The van der Waals surface area contributed by atoms with E-state index in [1.807, 2.05) is 19.1 Å². The van der Waals surface area contributed by atoms with Crippen molar-refractivity contribution in [3.05, 3.63) is 71.4 Å². The highest BCUT2D eigenvalue weighted by Crippen LogP contribution is 2.21. The van der Waals surface area contributed by atoms with Crippen molar-refractivity contribution in [3.8, 4) is 5.69 Å². The number of carbonyl (C=O) groups excluding carboxylic acids is 1. The second kappa shape index (κ2) is 6.56. The van der Waals surface area contributed by atoms with Crippen LogP contribution < -0.4 is 5.32 Å². The maximum absolute atomic E-state index is 13.4. The van der Waals surface area contributed by atoms with Crippen molar-refractivity contribution in [1.82, 2.24) is 25.2 Å². The molecule has 0 aliphatic heterocycles. The van der Waals surface area contributed by atoms with Crippen molar-refractivity contribution in [1.29, 1.82) is 0 Å². The van der Waals surface area contributed by atoms with Gasteiger partial charge in [0, 0.05) is 17.1 Å². The molecular weight excluding hydrogens is 347 g/mol. The van der Waals surface area contributed by atoms with E-state index in [0.717, 1.165) is 11.3 Å². The van der Waals surface area contributed by atoms with Gasteiger partial charge in [0.15, 0.2) is 0 Å². The average molecular weight is 362 g/mol. The summed E-state index contributed by atoms with van der Waals surface area (Å²) in [5.41, 5.74) is 3.87. The summed E-state index contributed by atoms with van der Waals surface area (Å²) >= 11 is 0. The Morgan fingerprint density at radius 1 is 1.11 bits per heavy atom. The normalized spacial score (nSPS) is 10.9. The van der Waals surface area contributed by atoms with E-state index in [-0.39, 0.29) is 11.7 Å². The van der Waals surface area contributed by atoms with Crippen LogP contribution in [0.2, 0.25) is 0 Å². The van der Waals surface area contributed by atoms with E-state index in [0.29, 0.717) is 27.8 Å². The van der Waals surface area contributed by atoms with E-state index in [2.05, 4.69) is 25.8 Å². The SMILES string of the molecule is Cc1cc(NC(=O)c2cc3ccc(F)cc3nc2C)ccc1-n1cnnn1. The molecule has 1 amide bonds. The molecule has 4 aromatic rings. The molecule has 8 heteroatoms. The van der Waals surface area contributed by atoms with Crippen molar-refractivity contribution in [2.75, 3.05) is 5.32 Å². The molecule has 0 aliphatic rings. The van der Waals surface area contributed by atoms with Gasteiger partial charge in [0.25, 0.3) is 5.91 Å². The van der Waals surface area contributed by atoms with Gasteiger partial charge in [-0.3, -0.25) is 9.78 Å². The first kappa shape index (κ1) is 16.8. The number of tetrazole rings is 1. The van der Waals surface area contributed by atoms with Crippen LogP contribution in [0.15, 0.2) is 48.8 Å². The van der Waals surface area contributed by atoms with E-state index in [9.17, 15) is 9.18 Å². The summed E-state index contributed by atoms with van der Waals surface area (Å²) in [6.07, 6.45) is 1.51. The lowest BCUT2D eigenvalue weighted by atomic mass is 10.1. The molecule has 2 aromatic heterocycles. The Bertz CT molecular complexity index is 1160. The van der Waals surface area contributed by atoms with Crippen molar-refractivity contribution < 1.29 is 9.18 Å². The van der Waals surface area contributed by atoms with Gasteiger partial charge >= 0.3 is 0 Å². The van der Waals surface area contributed by atoms with Gasteiger partial charge in [0.2, 0.25) is 0 Å². The highest BCUT2D eigenvalue weighted by molar-refractivity contribution is 6.06. The number of aryl methyl sites for hydroxylation is 2. The van der Waals surface area contributed by atoms with Gasteiger partial charge in [-0.25, -0.2) is 9.07 Å². The van der Waals surface area contributed by atoms with Crippen LogP contribution in [0.25, 0.3) is 16.6 Å². The zero-order valence-electron chi connectivity index (χ0n) is 14.6. The third-order valence-electron chi connectivity index (χ3n) is 4.27. The first-order chi connectivity index (χ1) is 13.0. The highest BCUT2D eigenvalue weighted by atomic mass is 19.1. The number of aromatic nitrogens is 5. The molecule has 0 aliphatic carbocycles. The molecule has 0 unspecified atom stereocenters. The molecule has 0 fully saturated rings. The number of pyridine rings is 1. The third-order valence-corrected chi connectivity index (χ3v) is 4.27. The quantitative estimate of drug-likeness (QED) is 0.605. The molecule has 7 nitrogen and oxygen atoms in total. The first-order valence-corrected chi connectivity index (χ1v) is 8.23. The Hall–Kier alpha value is -3.68. The van der Waals surface area contributed by atoms with Gasteiger partial charge < -0.3 is 5.32 Å². The molecule has 27 heavy (non-hydrogen) atoms. The molecule has 0 bridgehead atoms. The predicted octanol–water partition coefficient (Wildman–Crippen LogP) is 3.22. The molecule has 0 spiro atoms. The predicted molar refractivity (Wildman–Crippen MR) is 98.3 cm³/mol. The molecule has 2 heterocycles. The minimum Gasteiger partial charge on any atom is -0.322 e. The van der Waals surface area contributed by atoms with E-state index < -0.39 is 0 Å². The number of hydrogen-bond donors (Lipinski definition) is 1. The number of fused-ring (bicyclic) bond motifs is 1. The standard InChI is InChI=1S/C19H15FN6O/c1-11-7-15(5-6-18(11)26-10-21-24-25-26)23-19(27)16-8-13-3-4-14(20)9-17(13)22-12(16)2/h3-10H,1-2H3,(H,23,27). The first-order valence-electron chi connectivity index (χ1n) is 8.23. The fraction of sp³-hybridized carbons (Fsp3) is 0.105. The summed E-state index contributed by atoms with van der Waals surface area (Å²) in [5.74, 6) is -0.634. The molecule has 0 atom stereocenters. The van der Waals surface area contributed by atoms with Crippen LogP contribution >= 0.6 is 0 Å². The summed E-state index contributed by atoms with van der Waals surface area (Å²) in [5, 5.41) is 14.7. The van der Waals surface area contributed by atoms with Gasteiger partial charge in [-0.15, -0.1) is 5.10 Å². The lowest BCUT2D eigenvalue weighted by molar-refractivity contribution is 0.102. The molecule has 0 radical (unpaired) electrons. The van der Waals surface area contributed by atoms with E-state index in [1.54, 1.807) is 29.8 Å². The zero-order chi connectivity index (χ0) is 19.0. The number of benzene rings is 2. The smallest absolute Gasteiger partial charge is 0.257 e. The minimum atomic E-state index is -0.357. The maximum Gasteiger partial charge on any atom is 0.257 e. The average Bonchev–Trinajstić information content (AvgIpc) is 3.15. The van der Waals surface area contributed by atoms with Crippen LogP contribution in [0.4, 0.5) is 10.1 Å². The molecule has 4 rings (SSSR count). The van der Waals surface area contributed by atoms with Crippen LogP contribution in [-0.4, -0.2) is 31.1 Å². The third kappa shape index (κ3) is 3.24. The van der Waals surface area contributed by atoms with Crippen LogP contribution in [0.5, 0.6) is 0 Å². The monoisotopic (exact) mass is 362 g/mol. The summed E-state index contributed by atoms with van der Waals surface area (Å²) in [6.45, 7) is 3.63. The number of carbonyl (C=O) groups is 1. The Morgan fingerprint density at radius 3 is 2.70 bits per heavy atom. The van der Waals surface area contributed by atoms with Crippen molar-refractivity contribution in [2.45, 2.75) is 13.8 Å². The van der Waals surface area contributed by atoms with Gasteiger partial charge in [0.05, 0.1) is 22.5 Å². The van der Waals surface area contributed by atoms with E-state index in [1.165, 1.54) is 18.5 Å². The second-order valence-corrected chi connectivity index (χ2v) is 6.17. The molecule has 134 valence electrons. The maximum atomic E-state index is 13.4. The fourth-order valence-electron chi connectivity index (χ4n) is 2.93. The topological polar surface area (TPSA) is 85.6 Å². The van der Waals surface area contributed by atoms with Crippen molar-refractivity contribution in [2.24, 2.45) is 0 Å². The zero-order valence-corrected chi connectivity index (χ0v) is 14.6. The minimum absolute atomic E-state index is 0.277. The van der Waals surface area contributed by atoms with E-state index in [4.69, 9.17) is 0 Å². The molecule has 1 N–H and O–H groups in total. The summed E-state index contributed by atoms with van der Waals surface area (Å²) in [4.78, 5) is 17.0. The van der Waals surface area contributed by atoms with Crippen LogP contribution in [0.3, 0.4) is 0 Å². The fourth-order valence-corrected chi connectivity index (χ4v) is 2.93. The van der Waals surface area contributed by atoms with Gasteiger partial charge in [-0.2, -0.15) is 0 Å². The summed E-state index contributed by atoms with van der Waals surface area (Å²) in [7, 11) is 0. The Labute approximate surface area is 153 Å². The number of halogens is 1. The number of nitrogens with zero attached hydrogens (tertiary/aromatic N) is 5. The van der Waals surface area contributed by atoms with Crippen molar-refractivity contribution in [3.63, 3.8) is 0 Å². The van der Waals surface area contributed by atoms with Gasteiger partial charge in [-0.1, -0.05) is 0 Å². The number of hydrogen-bond acceptors (Lipinski definition) is 5. The largest absolute Gasteiger partial charge is 0.322 e. The Kier molecular flexibility index (Phi) is 4.08.